The van der Waals surface area contributed by atoms with Gasteiger partial charge in [0.05, 0.1) is 0 Å². The summed E-state index contributed by atoms with van der Waals surface area (Å²) in [7, 11) is -1.98. The van der Waals surface area contributed by atoms with Crippen molar-refractivity contribution in [3.63, 3.8) is 0 Å². The molecule has 0 saturated carbocycles. The maximum Gasteiger partial charge on any atom is 1.00 e. The van der Waals surface area contributed by atoms with E-state index in [1.807, 2.05) is 0 Å². The van der Waals surface area contributed by atoms with Crippen molar-refractivity contribution in [3.8, 4) is 0 Å². The predicted molar refractivity (Wildman–Crippen MR) is 57.0 cm³/mol. The Labute approximate surface area is 137 Å². The molecule has 0 fully saturated rings. The van der Waals surface area contributed by atoms with Crippen LogP contribution in [-0.2, 0) is 19.0 Å². The molecule has 1 unspecified atom stereocenters. The molecule has 0 rings (SSSR count). The number of unbranched alkanes of at least 4 members (excludes halogenated alkanes) is 3. The third-order valence-corrected chi connectivity index (χ3v) is 4.24. The van der Waals surface area contributed by atoms with E-state index in [9.17, 15) is 4.21 Å². The molecule has 0 saturated heterocycles. The van der Waals surface area contributed by atoms with Gasteiger partial charge in [0.25, 0.3) is 0 Å². The van der Waals surface area contributed by atoms with Crippen LogP contribution in [0.25, 0.3) is 0 Å². The maximum absolute atomic E-state index is 10.6. The fourth-order valence-corrected chi connectivity index (χ4v) is 2.82. The molecule has 0 bridgehead atoms. The van der Waals surface area contributed by atoms with Crippen molar-refractivity contribution in [2.24, 2.45) is 0 Å². The summed E-state index contributed by atoms with van der Waals surface area (Å²) < 4.78 is 19.2. The van der Waals surface area contributed by atoms with Gasteiger partial charge in [0, 0.05) is 16.9 Å². The second kappa shape index (κ2) is 12.7. The third kappa shape index (κ3) is 20.7. The molecule has 0 aromatic carbocycles. The molecular formula is C6H16Na2O2S3. The van der Waals surface area contributed by atoms with Crippen molar-refractivity contribution in [2.45, 2.75) is 32.6 Å². The van der Waals surface area contributed by atoms with E-state index in [2.05, 4.69) is 18.1 Å². The summed E-state index contributed by atoms with van der Waals surface area (Å²) in [4.78, 5) is 0. The molecular weight excluding hydrogens is 246 g/mol. The molecule has 2 nitrogen and oxygen atoms in total. The minimum absolute atomic E-state index is 0. The molecule has 1 atom stereocenters. The molecule has 0 amide bonds. The Bertz CT molecular complexity index is 191. The van der Waals surface area contributed by atoms with E-state index in [0.717, 1.165) is 23.6 Å². The zero-order valence-corrected chi connectivity index (χ0v) is 15.1. The molecule has 7 heteroatoms. The molecule has 1 N–H and O–H groups in total. The topological polar surface area (TPSA) is 37.3 Å². The van der Waals surface area contributed by atoms with Crippen LogP contribution in [0.5, 0.6) is 0 Å². The van der Waals surface area contributed by atoms with E-state index in [-0.39, 0.29) is 62.0 Å². The van der Waals surface area contributed by atoms with E-state index in [1.54, 1.807) is 0 Å². The van der Waals surface area contributed by atoms with Gasteiger partial charge >= 0.3 is 59.1 Å². The van der Waals surface area contributed by atoms with Gasteiger partial charge in [-0.3, -0.25) is 4.55 Å². The van der Waals surface area contributed by atoms with Crippen LogP contribution in [0.1, 0.15) is 35.5 Å². The fraction of sp³-hybridized carbons (Fsp3) is 1.00. The first kappa shape index (κ1) is 21.0. The number of rotatable bonds is 6. The SMILES string of the molecule is CCCCCCSS(=O)(O)=S.[H-].[H-].[Na+].[Na+]. The molecule has 0 aromatic rings. The second-order valence-electron chi connectivity index (χ2n) is 2.31. The molecule has 0 aliphatic heterocycles. The predicted octanol–water partition coefficient (Wildman–Crippen LogP) is -3.33. The van der Waals surface area contributed by atoms with Crippen molar-refractivity contribution in [3.05, 3.63) is 0 Å². The fourth-order valence-electron chi connectivity index (χ4n) is 0.693. The van der Waals surface area contributed by atoms with Crippen molar-refractivity contribution in [1.29, 1.82) is 0 Å². The molecule has 13 heavy (non-hydrogen) atoms. The van der Waals surface area contributed by atoms with Gasteiger partial charge in [-0.25, -0.2) is 4.21 Å². The molecule has 0 radical (unpaired) electrons. The van der Waals surface area contributed by atoms with Crippen LogP contribution >= 0.6 is 10.8 Å². The largest absolute Gasteiger partial charge is 1.00 e. The smallest absolute Gasteiger partial charge is 1.00 e. The van der Waals surface area contributed by atoms with Crippen LogP contribution in [0.4, 0.5) is 0 Å². The van der Waals surface area contributed by atoms with Gasteiger partial charge in [-0.15, -0.1) is 0 Å². The quantitative estimate of drug-likeness (QED) is 0.309. The van der Waals surface area contributed by atoms with E-state index in [0.29, 0.717) is 5.75 Å². The zero-order valence-electron chi connectivity index (χ0n) is 10.6. The summed E-state index contributed by atoms with van der Waals surface area (Å²) in [6.45, 7) is 2.13. The van der Waals surface area contributed by atoms with Crippen LogP contribution in [0.15, 0.2) is 0 Å². The summed E-state index contributed by atoms with van der Waals surface area (Å²) in [6, 6.07) is 0. The minimum atomic E-state index is -2.96. The standard InChI is InChI=1S/C6H14O2S3.2Na.2H/c1-2-3-4-5-6-10-11(7,8)9;;;;/h2-6H2,1H3,(H,7,8,9);;;;/q;2*+1;2*-1. The van der Waals surface area contributed by atoms with E-state index in [4.69, 9.17) is 4.55 Å². The van der Waals surface area contributed by atoms with Gasteiger partial charge < -0.3 is 2.85 Å². The second-order valence-corrected chi connectivity index (χ2v) is 7.86. The van der Waals surface area contributed by atoms with Gasteiger partial charge in [0.15, 0.2) is 7.80 Å². The van der Waals surface area contributed by atoms with Gasteiger partial charge in [-0.2, -0.15) is 0 Å². The summed E-state index contributed by atoms with van der Waals surface area (Å²) in [5.74, 6) is 0.707. The molecule has 0 aliphatic rings. The number of hydrogen-bond acceptors (Lipinski definition) is 3. The first-order valence-electron chi connectivity index (χ1n) is 3.68. The van der Waals surface area contributed by atoms with Crippen LogP contribution in [0, 0.1) is 0 Å². The van der Waals surface area contributed by atoms with Crippen LogP contribution in [0.2, 0.25) is 0 Å². The Morgan fingerprint density at radius 1 is 1.38 bits per heavy atom. The summed E-state index contributed by atoms with van der Waals surface area (Å²) in [6.07, 6.45) is 4.51. The first-order valence-corrected chi connectivity index (χ1v) is 7.62. The van der Waals surface area contributed by atoms with Crippen LogP contribution in [0.3, 0.4) is 0 Å². The third-order valence-electron chi connectivity index (χ3n) is 1.23. The Balaban J connectivity index is -0.0000000833. The summed E-state index contributed by atoms with van der Waals surface area (Å²) >= 11 is 4.31. The first-order chi connectivity index (χ1) is 5.06. The normalized spacial score (nSPS) is 13.7. The Morgan fingerprint density at radius 2 is 1.92 bits per heavy atom. The Hall–Kier alpha value is 2.68. The van der Waals surface area contributed by atoms with Crippen LogP contribution < -0.4 is 59.1 Å². The molecule has 0 aliphatic carbocycles. The van der Waals surface area contributed by atoms with E-state index < -0.39 is 7.80 Å². The Kier molecular flexibility index (Phi) is 20.6. The molecule has 72 valence electrons. The molecule has 0 spiro atoms. The zero-order chi connectivity index (χ0) is 8.74. The van der Waals surface area contributed by atoms with Crippen molar-refractivity contribution in [1.82, 2.24) is 0 Å². The van der Waals surface area contributed by atoms with E-state index in [1.165, 1.54) is 12.8 Å². The summed E-state index contributed by atoms with van der Waals surface area (Å²) in [5.41, 5.74) is 0. The summed E-state index contributed by atoms with van der Waals surface area (Å²) in [5, 5.41) is 0. The number of hydrogen-bond donors (Lipinski definition) is 1. The average molecular weight is 262 g/mol. The molecule has 0 heterocycles. The van der Waals surface area contributed by atoms with Crippen molar-refractivity contribution >= 4 is 29.8 Å². The van der Waals surface area contributed by atoms with Crippen molar-refractivity contribution < 1.29 is 70.7 Å². The van der Waals surface area contributed by atoms with Gasteiger partial charge in [0.2, 0.25) is 0 Å². The van der Waals surface area contributed by atoms with Gasteiger partial charge in [-0.1, -0.05) is 26.2 Å². The average Bonchev–Trinajstić information content (AvgIpc) is 1.85. The van der Waals surface area contributed by atoms with Crippen molar-refractivity contribution in [2.75, 3.05) is 5.75 Å². The maximum atomic E-state index is 10.6. The van der Waals surface area contributed by atoms with Gasteiger partial charge in [-0.05, 0) is 17.2 Å². The molecule has 0 aromatic heterocycles. The van der Waals surface area contributed by atoms with E-state index >= 15 is 0 Å². The van der Waals surface area contributed by atoms with Gasteiger partial charge in [0.1, 0.15) is 0 Å². The monoisotopic (exact) mass is 262 g/mol. The minimum Gasteiger partial charge on any atom is -1.00 e. The van der Waals surface area contributed by atoms with Crippen LogP contribution in [-0.4, -0.2) is 14.5 Å². The Morgan fingerprint density at radius 3 is 2.31 bits per heavy atom.